The second kappa shape index (κ2) is 3.91. The van der Waals surface area contributed by atoms with Crippen molar-refractivity contribution in [3.8, 4) is 11.5 Å². The summed E-state index contributed by atoms with van der Waals surface area (Å²) in [6.45, 7) is 0. The zero-order chi connectivity index (χ0) is 18.2. The summed E-state index contributed by atoms with van der Waals surface area (Å²) in [5, 5.41) is 12.2. The van der Waals surface area contributed by atoms with E-state index in [1.807, 2.05) is 24.3 Å². The van der Waals surface area contributed by atoms with Crippen molar-refractivity contribution in [3.05, 3.63) is 48.6 Å². The molecular weight excluding hydrogens is 352 g/mol. The van der Waals surface area contributed by atoms with Gasteiger partial charge in [-0.05, 0) is 29.7 Å². The fourth-order valence-corrected chi connectivity index (χ4v) is 5.08. The molecule has 7 rings (SSSR count). The van der Waals surface area contributed by atoms with E-state index in [-0.39, 0.29) is 0 Å². The first kappa shape index (κ1) is 14.3. The molecule has 7 heteroatoms. The molecule has 0 aromatic heterocycles. The van der Waals surface area contributed by atoms with Crippen molar-refractivity contribution < 1.29 is 33.6 Å². The Morgan fingerprint density at radius 1 is 1.00 bits per heavy atom. The molecule has 2 aromatic rings. The Morgan fingerprint density at radius 3 is 2.41 bits per heavy atom. The molecule has 27 heavy (non-hydrogen) atoms. The van der Waals surface area contributed by atoms with Crippen LogP contribution in [0.3, 0.4) is 0 Å². The van der Waals surface area contributed by atoms with E-state index in [9.17, 15) is 14.7 Å². The van der Waals surface area contributed by atoms with Crippen LogP contribution in [0.5, 0.6) is 11.5 Å². The number of aliphatic hydroxyl groups excluding tert-OH is 1. The quantitative estimate of drug-likeness (QED) is 0.686. The summed E-state index contributed by atoms with van der Waals surface area (Å²) in [5.41, 5.74) is -3.49. The van der Waals surface area contributed by atoms with E-state index in [0.717, 1.165) is 10.8 Å². The number of rotatable bonds is 0. The molecule has 1 N–H and O–H groups in total. The molecule has 7 nitrogen and oxygen atoms in total. The highest BCUT2D eigenvalue weighted by molar-refractivity contribution is 6.15. The first-order valence-corrected chi connectivity index (χ1v) is 8.76. The SMILES string of the molecule is O=C1[C@H]2O[C@H]2C2(Oc3cccc4cccc(c34)O2)C23OC12[C@@H](O)C=CC3=O. The number of hydrogen-bond acceptors (Lipinski definition) is 7. The van der Waals surface area contributed by atoms with Gasteiger partial charge in [-0.15, -0.1) is 0 Å². The smallest absolute Gasteiger partial charge is 0.321 e. The zero-order valence-electron chi connectivity index (χ0n) is 13.7. The number of aliphatic hydroxyl groups is 1. The largest absolute Gasteiger partial charge is 0.446 e. The van der Waals surface area contributed by atoms with Crippen LogP contribution in [-0.4, -0.2) is 52.0 Å². The third-order valence-electron chi connectivity index (χ3n) is 6.32. The monoisotopic (exact) mass is 364 g/mol. The Bertz CT molecular complexity index is 1100. The van der Waals surface area contributed by atoms with Gasteiger partial charge in [0.15, 0.2) is 18.0 Å². The summed E-state index contributed by atoms with van der Waals surface area (Å²) in [5.74, 6) is -1.53. The molecular formula is C20H12O7. The van der Waals surface area contributed by atoms with Crippen LogP contribution >= 0.6 is 0 Å². The van der Waals surface area contributed by atoms with E-state index in [1.165, 1.54) is 12.2 Å². The Labute approximate surface area is 152 Å². The van der Waals surface area contributed by atoms with Crippen molar-refractivity contribution in [1.29, 1.82) is 0 Å². The molecule has 2 unspecified atom stereocenters. The molecule has 134 valence electrons. The third-order valence-corrected chi connectivity index (χ3v) is 6.32. The average molecular weight is 364 g/mol. The van der Waals surface area contributed by atoms with Crippen molar-refractivity contribution in [2.45, 2.75) is 35.3 Å². The molecule has 1 saturated carbocycles. The van der Waals surface area contributed by atoms with Crippen LogP contribution in [0.25, 0.3) is 10.8 Å². The van der Waals surface area contributed by atoms with Crippen molar-refractivity contribution in [1.82, 2.24) is 0 Å². The number of hydrogen-bond donors (Lipinski definition) is 1. The molecule has 3 aliphatic heterocycles. The number of carbonyl (C=O) groups is 2. The van der Waals surface area contributed by atoms with Crippen molar-refractivity contribution in [3.63, 3.8) is 0 Å². The van der Waals surface area contributed by atoms with Gasteiger partial charge in [-0.25, -0.2) is 0 Å². The van der Waals surface area contributed by atoms with Crippen LogP contribution < -0.4 is 9.47 Å². The lowest BCUT2D eigenvalue weighted by molar-refractivity contribution is -0.189. The van der Waals surface area contributed by atoms with Gasteiger partial charge in [-0.3, -0.25) is 9.59 Å². The number of ketones is 2. The fraction of sp³-hybridized carbons (Fsp3) is 0.300. The first-order chi connectivity index (χ1) is 13.1. The van der Waals surface area contributed by atoms with Crippen molar-refractivity contribution in [2.24, 2.45) is 0 Å². The first-order valence-electron chi connectivity index (χ1n) is 8.76. The van der Waals surface area contributed by atoms with Crippen molar-refractivity contribution >= 4 is 22.3 Å². The third kappa shape index (κ3) is 1.24. The van der Waals surface area contributed by atoms with Gasteiger partial charge < -0.3 is 24.1 Å². The van der Waals surface area contributed by atoms with Gasteiger partial charge in [0, 0.05) is 0 Å². The molecule has 5 atom stereocenters. The number of Topliss-reactive ketones (excluding diaryl/α,β-unsaturated/α-hetero) is 1. The Morgan fingerprint density at radius 2 is 1.70 bits per heavy atom. The highest BCUT2D eigenvalue weighted by Crippen LogP contribution is 2.70. The summed E-state index contributed by atoms with van der Waals surface area (Å²) in [6, 6.07) is 11.1. The summed E-state index contributed by atoms with van der Waals surface area (Å²) in [4.78, 5) is 25.8. The van der Waals surface area contributed by atoms with Crippen LogP contribution in [0.1, 0.15) is 0 Å². The van der Waals surface area contributed by atoms with Crippen LogP contribution in [0, 0.1) is 0 Å². The lowest BCUT2D eigenvalue weighted by Gasteiger charge is -2.44. The van der Waals surface area contributed by atoms with Gasteiger partial charge in [0.2, 0.25) is 11.4 Å². The second-order valence-electron chi connectivity index (χ2n) is 7.51. The summed E-state index contributed by atoms with van der Waals surface area (Å²) in [6.07, 6.45) is -0.392. The molecule has 1 spiro atoms. The Hall–Kier alpha value is -2.74. The number of epoxide rings is 2. The number of benzene rings is 2. The van der Waals surface area contributed by atoms with Crippen molar-refractivity contribution in [2.75, 3.05) is 0 Å². The minimum Gasteiger partial charge on any atom is -0.446 e. The maximum atomic E-state index is 13.0. The molecule has 5 aliphatic rings. The molecule has 3 fully saturated rings. The molecule has 2 saturated heterocycles. The summed E-state index contributed by atoms with van der Waals surface area (Å²) < 4.78 is 24.0. The predicted molar refractivity (Wildman–Crippen MR) is 88.3 cm³/mol. The fourth-order valence-electron chi connectivity index (χ4n) is 5.08. The number of ether oxygens (including phenoxy) is 4. The van der Waals surface area contributed by atoms with E-state index >= 15 is 0 Å². The average Bonchev–Trinajstić information content (AvgIpc) is 3.57. The van der Waals surface area contributed by atoms with Crippen LogP contribution in [0.2, 0.25) is 0 Å². The number of carbonyl (C=O) groups excluding carboxylic acids is 2. The molecule has 3 heterocycles. The molecule has 0 radical (unpaired) electrons. The minimum atomic E-state index is -1.77. The van der Waals surface area contributed by atoms with E-state index in [0.29, 0.717) is 11.5 Å². The lowest BCUT2D eigenvalue weighted by atomic mass is 9.67. The Kier molecular flexibility index (Phi) is 2.08. The van der Waals surface area contributed by atoms with Gasteiger partial charge in [0.25, 0.3) is 5.60 Å². The lowest BCUT2D eigenvalue weighted by Crippen LogP contribution is -2.72. The van der Waals surface area contributed by atoms with Gasteiger partial charge in [0.1, 0.15) is 17.6 Å². The molecule has 2 aliphatic carbocycles. The maximum absolute atomic E-state index is 13.0. The molecule has 0 amide bonds. The second-order valence-corrected chi connectivity index (χ2v) is 7.51. The predicted octanol–water partition coefficient (Wildman–Crippen LogP) is 0.665. The summed E-state index contributed by atoms with van der Waals surface area (Å²) in [7, 11) is 0. The molecule has 0 bridgehead atoms. The van der Waals surface area contributed by atoms with Crippen LogP contribution in [0.15, 0.2) is 48.6 Å². The van der Waals surface area contributed by atoms with E-state index in [4.69, 9.17) is 18.9 Å². The molecule has 2 aromatic carbocycles. The van der Waals surface area contributed by atoms with Gasteiger partial charge >= 0.3 is 5.79 Å². The van der Waals surface area contributed by atoms with E-state index < -0.39 is 46.9 Å². The standard InChI is InChI=1S/C20H12O7/c21-12-7-8-13(22)19-18(12,27-19)16(23)15-17(24-15)20(19)25-10-5-1-3-9-4-2-6-11(26-20)14(9)10/h1-8,12,15,17,21H/t12-,15+,17+,18?,19?/m0/s1. The maximum Gasteiger partial charge on any atom is 0.321 e. The van der Waals surface area contributed by atoms with Gasteiger partial charge in [0.05, 0.1) is 5.39 Å². The zero-order valence-corrected chi connectivity index (χ0v) is 13.7. The normalized spacial score (nSPS) is 41.3. The Balaban J connectivity index is 1.51. The minimum absolute atomic E-state index is 0.437. The van der Waals surface area contributed by atoms with E-state index in [2.05, 4.69) is 0 Å². The topological polar surface area (TPSA) is 97.9 Å². The summed E-state index contributed by atoms with van der Waals surface area (Å²) >= 11 is 0. The highest BCUT2D eigenvalue weighted by atomic mass is 16.8. The van der Waals surface area contributed by atoms with Gasteiger partial charge in [-0.1, -0.05) is 24.3 Å². The van der Waals surface area contributed by atoms with Gasteiger partial charge in [-0.2, -0.15) is 0 Å². The highest BCUT2D eigenvalue weighted by Gasteiger charge is 3.00. The van der Waals surface area contributed by atoms with E-state index in [1.54, 1.807) is 12.1 Å². The van der Waals surface area contributed by atoms with Crippen LogP contribution in [-0.2, 0) is 19.1 Å². The van der Waals surface area contributed by atoms with Crippen LogP contribution in [0.4, 0.5) is 0 Å². The number of fused-ring (bicyclic) bond motifs is 2.